The number of sulfone groups is 1. The van der Waals surface area contributed by atoms with Crippen molar-refractivity contribution < 1.29 is 13.2 Å². The molecule has 2 atom stereocenters. The van der Waals surface area contributed by atoms with E-state index in [-0.39, 0.29) is 40.4 Å². The number of aromatic nitrogens is 9. The Morgan fingerprint density at radius 3 is 2.55 bits per heavy atom. The van der Waals surface area contributed by atoms with Gasteiger partial charge in [-0.05, 0) is 43.9 Å². The number of nitrogens with two attached hydrogens (primary N) is 1. The maximum absolute atomic E-state index is 13.1. The van der Waals surface area contributed by atoms with Crippen LogP contribution in [0.5, 0.6) is 0 Å². The smallest absolute Gasteiger partial charge is 0.292 e. The van der Waals surface area contributed by atoms with Gasteiger partial charge >= 0.3 is 0 Å². The number of nitrogens with zero attached hydrogens (tertiary/aromatic N) is 9. The first-order chi connectivity index (χ1) is 19.3. The van der Waals surface area contributed by atoms with Crippen LogP contribution in [0.3, 0.4) is 0 Å². The van der Waals surface area contributed by atoms with Crippen molar-refractivity contribution in [2.45, 2.75) is 48.6 Å². The van der Waals surface area contributed by atoms with Crippen LogP contribution in [0, 0.1) is 0 Å². The van der Waals surface area contributed by atoms with E-state index in [1.165, 1.54) is 10.8 Å². The normalized spacial score (nSPS) is 20.8. The maximum atomic E-state index is 13.1. The number of hydrogen-bond acceptors (Lipinski definition) is 10. The van der Waals surface area contributed by atoms with E-state index >= 15 is 0 Å². The Bertz CT molecular complexity index is 1820. The molecule has 14 nitrogen and oxygen atoms in total. The summed E-state index contributed by atoms with van der Waals surface area (Å²) in [5.41, 5.74) is 8.78. The Kier molecular flexibility index (Phi) is 5.45. The van der Waals surface area contributed by atoms with Crippen molar-refractivity contribution >= 4 is 27.2 Å². The van der Waals surface area contributed by atoms with Crippen molar-refractivity contribution in [3.8, 4) is 16.9 Å². The van der Waals surface area contributed by atoms with Crippen LogP contribution < -0.4 is 5.73 Å². The van der Waals surface area contributed by atoms with Crippen LogP contribution in [-0.4, -0.2) is 82.1 Å². The summed E-state index contributed by atoms with van der Waals surface area (Å²) in [4.78, 5) is 27.2. The molecule has 1 amide bonds. The Balaban J connectivity index is 1.29. The maximum Gasteiger partial charge on any atom is 0.292 e. The first-order valence-electron chi connectivity index (χ1n) is 12.8. The van der Waals surface area contributed by atoms with E-state index in [0.717, 1.165) is 24.7 Å². The third kappa shape index (κ3) is 3.84. The van der Waals surface area contributed by atoms with E-state index in [0.29, 0.717) is 35.6 Å². The zero-order chi connectivity index (χ0) is 27.6. The number of carbonyl (C=O) groups is 1. The second-order valence-electron chi connectivity index (χ2n) is 10.2. The number of hydrogen-bond donors (Lipinski definition) is 2. The summed E-state index contributed by atoms with van der Waals surface area (Å²) in [5.74, 6) is 0.463. The molecule has 2 saturated heterocycles. The fraction of sp³-hybridized carbons (Fsp3) is 0.320. The molecule has 40 heavy (non-hydrogen) atoms. The van der Waals surface area contributed by atoms with Crippen LogP contribution in [0.4, 0.5) is 5.82 Å². The van der Waals surface area contributed by atoms with Gasteiger partial charge in [0.25, 0.3) is 5.91 Å². The molecule has 5 aromatic heterocycles. The van der Waals surface area contributed by atoms with E-state index in [2.05, 4.69) is 30.4 Å². The molecule has 0 aliphatic carbocycles. The minimum absolute atomic E-state index is 0.0128. The molecule has 2 bridgehead atoms. The average molecular weight is 560 g/mol. The van der Waals surface area contributed by atoms with Gasteiger partial charge in [-0.3, -0.25) is 4.79 Å². The third-order valence-corrected chi connectivity index (χ3v) is 8.97. The summed E-state index contributed by atoms with van der Waals surface area (Å²) in [6.45, 7) is 0. The number of nitrogens with one attached hydrogen (secondary N) is 1. The summed E-state index contributed by atoms with van der Waals surface area (Å²) in [6, 6.07) is 5.39. The van der Waals surface area contributed by atoms with Crippen molar-refractivity contribution in [3.05, 3.63) is 60.8 Å². The molecular weight excluding hydrogens is 534 g/mol. The zero-order valence-corrected chi connectivity index (χ0v) is 22.2. The van der Waals surface area contributed by atoms with E-state index in [9.17, 15) is 13.2 Å². The number of piperidine rings is 1. The van der Waals surface area contributed by atoms with E-state index < -0.39 is 9.84 Å². The van der Waals surface area contributed by atoms with Crippen LogP contribution in [0.2, 0.25) is 0 Å². The Morgan fingerprint density at radius 1 is 1.12 bits per heavy atom. The standard InChI is InChI=1S/C25H25N11O3S/c1-40(38,39)21-20(15-9-16-4-5-17(10-15)35(16)25(37)23-28-13-29-33-23)32-24-18(12-31-36(24)22(21)26)14-3-6-19(27-11-14)34-8-2-7-30-34/h2-3,6-8,11-13,15-17H,4-5,9-10,26H2,1H3,(H,28,29,33). The molecule has 0 saturated carbocycles. The minimum Gasteiger partial charge on any atom is -0.382 e. The van der Waals surface area contributed by atoms with Crippen molar-refractivity contribution in [1.29, 1.82) is 0 Å². The molecule has 2 unspecified atom stereocenters. The largest absolute Gasteiger partial charge is 0.382 e. The molecule has 0 radical (unpaired) electrons. The Labute approximate surface area is 228 Å². The average Bonchev–Trinajstić information content (AvgIpc) is 3.74. The molecule has 15 heteroatoms. The quantitative estimate of drug-likeness (QED) is 0.321. The highest BCUT2D eigenvalue weighted by Crippen LogP contribution is 2.45. The highest BCUT2D eigenvalue weighted by molar-refractivity contribution is 7.91. The van der Waals surface area contributed by atoms with Crippen molar-refractivity contribution in [2.75, 3.05) is 12.0 Å². The highest BCUT2D eigenvalue weighted by Gasteiger charge is 2.46. The first kappa shape index (κ1) is 24.4. The van der Waals surface area contributed by atoms with E-state index in [1.54, 1.807) is 29.5 Å². The lowest BCUT2D eigenvalue weighted by molar-refractivity contribution is 0.0556. The number of fused-ring (bicyclic) bond motifs is 3. The molecule has 2 fully saturated rings. The van der Waals surface area contributed by atoms with Gasteiger partial charge in [0.1, 0.15) is 17.0 Å². The van der Waals surface area contributed by atoms with Gasteiger partial charge in [-0.2, -0.15) is 14.7 Å². The number of rotatable bonds is 5. The van der Waals surface area contributed by atoms with Crippen LogP contribution in [0.15, 0.2) is 54.2 Å². The summed E-state index contributed by atoms with van der Waals surface area (Å²) in [6.07, 6.45) is 12.1. The van der Waals surface area contributed by atoms with Crippen LogP contribution in [0.1, 0.15) is 47.9 Å². The number of carbonyl (C=O) groups excluding carboxylic acids is 1. The number of pyridine rings is 1. The molecule has 5 aromatic rings. The van der Waals surface area contributed by atoms with Crippen LogP contribution in [0.25, 0.3) is 22.6 Å². The zero-order valence-electron chi connectivity index (χ0n) is 21.4. The predicted octanol–water partition coefficient (Wildman–Crippen LogP) is 1.63. The van der Waals surface area contributed by atoms with Gasteiger partial charge in [0.2, 0.25) is 5.82 Å². The van der Waals surface area contributed by atoms with Crippen LogP contribution >= 0.6 is 0 Å². The lowest BCUT2D eigenvalue weighted by atomic mass is 9.87. The number of H-pyrrole nitrogens is 1. The summed E-state index contributed by atoms with van der Waals surface area (Å²) >= 11 is 0. The molecule has 0 aromatic carbocycles. The van der Waals surface area contributed by atoms with Crippen molar-refractivity contribution in [2.24, 2.45) is 0 Å². The lowest BCUT2D eigenvalue weighted by Gasteiger charge is -2.38. The molecular formula is C25H25N11O3S. The van der Waals surface area contributed by atoms with Crippen LogP contribution in [-0.2, 0) is 9.84 Å². The molecule has 204 valence electrons. The van der Waals surface area contributed by atoms with E-state index in [4.69, 9.17) is 10.7 Å². The van der Waals surface area contributed by atoms with Gasteiger partial charge in [0.05, 0.1) is 11.9 Å². The second kappa shape index (κ2) is 8.94. The fourth-order valence-corrected chi connectivity index (χ4v) is 7.19. The predicted molar refractivity (Wildman–Crippen MR) is 142 cm³/mol. The van der Waals surface area contributed by atoms with Gasteiger partial charge in [-0.25, -0.2) is 23.1 Å². The Hall–Kier alpha value is -4.66. The van der Waals surface area contributed by atoms with Gasteiger partial charge in [-0.15, -0.1) is 10.2 Å². The van der Waals surface area contributed by atoms with Gasteiger partial charge in [0.15, 0.2) is 21.3 Å². The van der Waals surface area contributed by atoms with Gasteiger partial charge in [0, 0.05) is 54.0 Å². The van der Waals surface area contributed by atoms with Crippen molar-refractivity contribution in [1.82, 2.24) is 49.4 Å². The fourth-order valence-electron chi connectivity index (χ4n) is 6.13. The molecule has 2 aliphatic rings. The number of anilines is 1. The highest BCUT2D eigenvalue weighted by atomic mass is 32.2. The SMILES string of the molecule is CS(=O)(=O)c1c(C2CC3CCC(C2)N3C(=O)c2nnc[nH]2)nc2c(-c3ccc(-n4cccn4)nc3)cnn2c1N. The lowest BCUT2D eigenvalue weighted by Crippen LogP contribution is -2.46. The van der Waals surface area contributed by atoms with Gasteiger partial charge in [-0.1, -0.05) is 0 Å². The Morgan fingerprint density at radius 2 is 1.93 bits per heavy atom. The number of nitrogen functional groups attached to an aromatic ring is 1. The summed E-state index contributed by atoms with van der Waals surface area (Å²) < 4.78 is 29.1. The summed E-state index contributed by atoms with van der Waals surface area (Å²) in [5, 5.41) is 16.2. The minimum atomic E-state index is -3.75. The molecule has 7 rings (SSSR count). The third-order valence-electron chi connectivity index (χ3n) is 7.81. The van der Waals surface area contributed by atoms with Crippen molar-refractivity contribution in [3.63, 3.8) is 0 Å². The van der Waals surface area contributed by atoms with E-state index in [1.807, 2.05) is 23.1 Å². The number of aromatic amines is 1. The summed E-state index contributed by atoms with van der Waals surface area (Å²) in [7, 11) is -3.75. The first-order valence-corrected chi connectivity index (χ1v) is 14.7. The molecule has 0 spiro atoms. The van der Waals surface area contributed by atoms with Gasteiger partial charge < -0.3 is 15.6 Å². The molecule has 3 N–H and O–H groups in total. The molecule has 2 aliphatic heterocycles. The topological polar surface area (TPSA) is 183 Å². The monoisotopic (exact) mass is 559 g/mol. The molecule has 7 heterocycles. The number of amides is 1. The second-order valence-corrected chi connectivity index (χ2v) is 12.2.